The lowest BCUT2D eigenvalue weighted by Crippen LogP contribution is -2.28. The van der Waals surface area contributed by atoms with Gasteiger partial charge in [0.25, 0.3) is 0 Å². The van der Waals surface area contributed by atoms with Gasteiger partial charge >= 0.3 is 5.97 Å². The van der Waals surface area contributed by atoms with Crippen molar-refractivity contribution < 1.29 is 15.0 Å². The van der Waals surface area contributed by atoms with Crippen LogP contribution in [0.15, 0.2) is 0 Å². The lowest BCUT2D eigenvalue weighted by Gasteiger charge is -2.22. The summed E-state index contributed by atoms with van der Waals surface area (Å²) in [5.41, 5.74) is -0.766. The smallest absolute Gasteiger partial charge is 0.306 e. The molecular formula is C9H16O3. The van der Waals surface area contributed by atoms with Gasteiger partial charge in [0.1, 0.15) is 0 Å². The van der Waals surface area contributed by atoms with Crippen molar-refractivity contribution in [2.24, 2.45) is 11.8 Å². The molecule has 0 aromatic heterocycles. The third-order valence-corrected chi connectivity index (χ3v) is 2.66. The average molecular weight is 172 g/mol. The Bertz CT molecular complexity index is 186. The average Bonchev–Trinajstić information content (AvgIpc) is 2.63. The van der Waals surface area contributed by atoms with Crippen molar-refractivity contribution in [2.45, 2.75) is 38.7 Å². The van der Waals surface area contributed by atoms with Crippen LogP contribution in [-0.2, 0) is 4.79 Å². The van der Waals surface area contributed by atoms with Crippen LogP contribution in [0.2, 0.25) is 0 Å². The van der Waals surface area contributed by atoms with Crippen LogP contribution in [0.5, 0.6) is 0 Å². The molecule has 3 nitrogen and oxygen atoms in total. The van der Waals surface area contributed by atoms with Gasteiger partial charge in [-0.1, -0.05) is 13.3 Å². The van der Waals surface area contributed by atoms with Crippen molar-refractivity contribution in [1.82, 2.24) is 0 Å². The maximum Gasteiger partial charge on any atom is 0.306 e. The summed E-state index contributed by atoms with van der Waals surface area (Å²) in [5, 5.41) is 18.5. The van der Waals surface area contributed by atoms with Gasteiger partial charge in [0.2, 0.25) is 0 Å². The molecule has 0 amide bonds. The molecule has 0 radical (unpaired) electrons. The molecule has 3 atom stereocenters. The Morgan fingerprint density at radius 1 is 1.67 bits per heavy atom. The zero-order valence-electron chi connectivity index (χ0n) is 7.58. The van der Waals surface area contributed by atoms with E-state index in [1.807, 2.05) is 6.92 Å². The molecule has 0 saturated heterocycles. The number of hydrogen-bond acceptors (Lipinski definition) is 2. The third kappa shape index (κ3) is 1.78. The van der Waals surface area contributed by atoms with Crippen LogP contribution in [0.4, 0.5) is 0 Å². The highest BCUT2D eigenvalue weighted by Gasteiger charge is 2.52. The quantitative estimate of drug-likeness (QED) is 0.671. The maximum atomic E-state index is 10.5. The largest absolute Gasteiger partial charge is 0.481 e. The second kappa shape index (κ2) is 3.05. The molecule has 0 bridgehead atoms. The van der Waals surface area contributed by atoms with Crippen molar-refractivity contribution in [3.8, 4) is 0 Å². The normalized spacial score (nSPS) is 32.6. The minimum Gasteiger partial charge on any atom is -0.481 e. The molecule has 0 aromatic rings. The van der Waals surface area contributed by atoms with E-state index >= 15 is 0 Å². The first-order valence-corrected chi connectivity index (χ1v) is 4.44. The van der Waals surface area contributed by atoms with Crippen molar-refractivity contribution in [2.75, 3.05) is 0 Å². The first-order chi connectivity index (χ1) is 5.49. The molecule has 1 saturated carbocycles. The van der Waals surface area contributed by atoms with Gasteiger partial charge < -0.3 is 10.2 Å². The highest BCUT2D eigenvalue weighted by molar-refractivity contribution is 5.73. The fourth-order valence-electron chi connectivity index (χ4n) is 1.85. The topological polar surface area (TPSA) is 57.5 Å². The molecule has 0 heterocycles. The minimum atomic E-state index is -0.767. The summed E-state index contributed by atoms with van der Waals surface area (Å²) in [6.45, 7) is 3.73. The summed E-state index contributed by atoms with van der Waals surface area (Å²) in [5.74, 6) is -1.09. The number of carboxylic acids is 1. The van der Waals surface area contributed by atoms with E-state index < -0.39 is 11.6 Å². The SMILES string of the molecule is CCCC(C)(O)C1CC1C(=O)O. The fourth-order valence-corrected chi connectivity index (χ4v) is 1.85. The molecule has 3 heteroatoms. The van der Waals surface area contributed by atoms with Crippen molar-refractivity contribution in [3.05, 3.63) is 0 Å². The molecule has 0 aliphatic heterocycles. The Morgan fingerprint density at radius 2 is 2.25 bits per heavy atom. The standard InChI is InChI=1S/C9H16O3/c1-3-4-9(2,12)7-5-6(7)8(10)11/h6-7,12H,3-5H2,1-2H3,(H,10,11). The molecule has 70 valence electrons. The van der Waals surface area contributed by atoms with Crippen LogP contribution >= 0.6 is 0 Å². The highest BCUT2D eigenvalue weighted by Crippen LogP contribution is 2.48. The number of carbonyl (C=O) groups is 1. The number of aliphatic hydroxyl groups is 1. The van der Waals surface area contributed by atoms with Crippen LogP contribution in [0.25, 0.3) is 0 Å². The van der Waals surface area contributed by atoms with Gasteiger partial charge in [-0.3, -0.25) is 4.79 Å². The van der Waals surface area contributed by atoms with Crippen LogP contribution in [0.1, 0.15) is 33.1 Å². The summed E-state index contributed by atoms with van der Waals surface area (Å²) in [4.78, 5) is 10.5. The number of hydrogen-bond donors (Lipinski definition) is 2. The Labute approximate surface area is 72.4 Å². The molecule has 12 heavy (non-hydrogen) atoms. The van der Waals surface area contributed by atoms with E-state index in [9.17, 15) is 9.90 Å². The van der Waals surface area contributed by atoms with Gasteiger partial charge in [-0.15, -0.1) is 0 Å². The Hall–Kier alpha value is -0.570. The molecule has 0 spiro atoms. The molecule has 3 unspecified atom stereocenters. The molecule has 1 fully saturated rings. The van der Waals surface area contributed by atoms with E-state index in [-0.39, 0.29) is 11.8 Å². The Balaban J connectivity index is 2.45. The predicted molar refractivity (Wildman–Crippen MR) is 44.8 cm³/mol. The molecule has 2 N–H and O–H groups in total. The fraction of sp³-hybridized carbons (Fsp3) is 0.889. The molecule has 1 aliphatic carbocycles. The zero-order valence-corrected chi connectivity index (χ0v) is 7.58. The van der Waals surface area contributed by atoms with Gasteiger partial charge in [-0.05, 0) is 19.8 Å². The van der Waals surface area contributed by atoms with Gasteiger partial charge in [0, 0.05) is 5.92 Å². The van der Waals surface area contributed by atoms with E-state index in [1.54, 1.807) is 6.92 Å². The van der Waals surface area contributed by atoms with Crippen LogP contribution in [0, 0.1) is 11.8 Å². The van der Waals surface area contributed by atoms with Gasteiger partial charge in [0.15, 0.2) is 0 Å². The lowest BCUT2D eigenvalue weighted by atomic mass is 9.93. The first-order valence-electron chi connectivity index (χ1n) is 4.44. The lowest BCUT2D eigenvalue weighted by molar-refractivity contribution is -0.139. The summed E-state index contributed by atoms with van der Waals surface area (Å²) in [6.07, 6.45) is 2.24. The van der Waals surface area contributed by atoms with E-state index in [4.69, 9.17) is 5.11 Å². The van der Waals surface area contributed by atoms with E-state index in [1.165, 1.54) is 0 Å². The third-order valence-electron chi connectivity index (χ3n) is 2.66. The number of rotatable bonds is 4. The zero-order chi connectivity index (χ0) is 9.35. The van der Waals surface area contributed by atoms with E-state index in [0.29, 0.717) is 12.8 Å². The van der Waals surface area contributed by atoms with Crippen LogP contribution < -0.4 is 0 Å². The summed E-state index contributed by atoms with van der Waals surface area (Å²) >= 11 is 0. The maximum absolute atomic E-state index is 10.5. The van der Waals surface area contributed by atoms with Crippen molar-refractivity contribution in [3.63, 3.8) is 0 Å². The summed E-state index contributed by atoms with van der Waals surface area (Å²) in [7, 11) is 0. The molecule has 1 rings (SSSR count). The highest BCUT2D eigenvalue weighted by atomic mass is 16.4. The second-order valence-corrected chi connectivity index (χ2v) is 3.89. The second-order valence-electron chi connectivity index (χ2n) is 3.89. The van der Waals surface area contributed by atoms with E-state index in [2.05, 4.69) is 0 Å². The monoisotopic (exact) mass is 172 g/mol. The van der Waals surface area contributed by atoms with Crippen molar-refractivity contribution >= 4 is 5.97 Å². The molecule has 0 aromatic carbocycles. The van der Waals surface area contributed by atoms with E-state index in [0.717, 1.165) is 6.42 Å². The predicted octanol–water partition coefficient (Wildman–Crippen LogP) is 1.26. The van der Waals surface area contributed by atoms with Gasteiger partial charge in [-0.2, -0.15) is 0 Å². The van der Waals surface area contributed by atoms with Crippen LogP contribution in [-0.4, -0.2) is 21.8 Å². The Kier molecular flexibility index (Phi) is 2.42. The summed E-state index contributed by atoms with van der Waals surface area (Å²) < 4.78 is 0. The minimum absolute atomic E-state index is 0.0186. The van der Waals surface area contributed by atoms with Gasteiger partial charge in [0.05, 0.1) is 11.5 Å². The molecule has 1 aliphatic rings. The summed E-state index contributed by atoms with van der Waals surface area (Å²) in [6, 6.07) is 0. The molecular weight excluding hydrogens is 156 g/mol. The van der Waals surface area contributed by atoms with Gasteiger partial charge in [-0.25, -0.2) is 0 Å². The number of carboxylic acid groups (broad SMARTS) is 1. The van der Waals surface area contributed by atoms with Crippen molar-refractivity contribution in [1.29, 1.82) is 0 Å². The van der Waals surface area contributed by atoms with Crippen LogP contribution in [0.3, 0.4) is 0 Å². The Morgan fingerprint density at radius 3 is 2.58 bits per heavy atom. The number of aliphatic carboxylic acids is 1. The first kappa shape index (κ1) is 9.52.